The van der Waals surface area contributed by atoms with Crippen LogP contribution in [0.4, 0.5) is 0 Å². The molecule has 1 heterocycles. The molecule has 0 aliphatic rings. The number of nitrogen functional groups attached to an aromatic ring is 1. The number of aryl methyl sites for hydroxylation is 2. The normalized spacial score (nSPS) is 10.3. The highest BCUT2D eigenvalue weighted by molar-refractivity contribution is 7.11. The lowest BCUT2D eigenvalue weighted by molar-refractivity contribution is 0.0953. The van der Waals surface area contributed by atoms with Crippen LogP contribution in [0.15, 0.2) is 23.6 Å². The van der Waals surface area contributed by atoms with Gasteiger partial charge in [0.15, 0.2) is 5.01 Å². The highest BCUT2D eigenvalue weighted by atomic mass is 32.1. The second kappa shape index (κ2) is 5.81. The Morgan fingerprint density at radius 3 is 2.89 bits per heavy atom. The first kappa shape index (κ1) is 13.5. The number of hydrogen-bond acceptors (Lipinski definition) is 5. The van der Waals surface area contributed by atoms with E-state index in [1.54, 1.807) is 5.38 Å². The molecular formula is C13H15N3O2S. The molecule has 2 aromatic rings. The maximum atomic E-state index is 11.3. The number of carbonyl (C=O) groups is 1. The zero-order chi connectivity index (χ0) is 13.8. The Hall–Kier alpha value is -1.92. The molecule has 1 aromatic heterocycles. The van der Waals surface area contributed by atoms with Gasteiger partial charge in [-0.3, -0.25) is 10.2 Å². The van der Waals surface area contributed by atoms with Gasteiger partial charge < -0.3 is 4.74 Å². The number of nitrogens with one attached hydrogen (secondary N) is 1. The Morgan fingerprint density at radius 1 is 1.42 bits per heavy atom. The molecule has 0 saturated carbocycles. The number of amides is 1. The van der Waals surface area contributed by atoms with Gasteiger partial charge in [-0.2, -0.15) is 0 Å². The minimum absolute atomic E-state index is 0.330. The lowest BCUT2D eigenvalue weighted by Crippen LogP contribution is -2.29. The molecule has 100 valence electrons. The van der Waals surface area contributed by atoms with Gasteiger partial charge in [0, 0.05) is 5.38 Å². The fraction of sp³-hybridized carbons (Fsp3) is 0.231. The molecule has 1 aromatic carbocycles. The van der Waals surface area contributed by atoms with Crippen LogP contribution in [0.3, 0.4) is 0 Å². The van der Waals surface area contributed by atoms with Crippen LogP contribution >= 0.6 is 11.3 Å². The molecule has 0 atom stereocenters. The van der Waals surface area contributed by atoms with E-state index in [2.05, 4.69) is 17.3 Å². The van der Waals surface area contributed by atoms with Crippen molar-refractivity contribution in [1.29, 1.82) is 0 Å². The zero-order valence-corrected chi connectivity index (χ0v) is 11.6. The SMILES string of the molecule is Cc1ccc(OCc2csc(C(=O)NN)n2)cc1C. The number of ether oxygens (including phenoxy) is 1. The Bertz CT molecular complexity index is 595. The third-order valence-corrected chi connectivity index (χ3v) is 3.63. The first-order valence-electron chi connectivity index (χ1n) is 5.75. The van der Waals surface area contributed by atoms with Crippen molar-refractivity contribution in [2.75, 3.05) is 0 Å². The molecule has 0 bridgehead atoms. The molecule has 0 saturated heterocycles. The Labute approximate surface area is 115 Å². The summed E-state index contributed by atoms with van der Waals surface area (Å²) in [5, 5.41) is 2.12. The molecule has 0 unspecified atom stereocenters. The largest absolute Gasteiger partial charge is 0.487 e. The smallest absolute Gasteiger partial charge is 0.294 e. The van der Waals surface area contributed by atoms with Gasteiger partial charge in [-0.1, -0.05) is 6.07 Å². The summed E-state index contributed by atoms with van der Waals surface area (Å²) in [7, 11) is 0. The first-order chi connectivity index (χ1) is 9.10. The summed E-state index contributed by atoms with van der Waals surface area (Å²) >= 11 is 1.24. The number of aromatic nitrogens is 1. The predicted molar refractivity (Wildman–Crippen MR) is 74.0 cm³/mol. The maximum Gasteiger partial charge on any atom is 0.294 e. The fourth-order valence-corrected chi connectivity index (χ4v) is 2.20. The van der Waals surface area contributed by atoms with Crippen LogP contribution in [0.25, 0.3) is 0 Å². The number of benzene rings is 1. The molecule has 6 heteroatoms. The van der Waals surface area contributed by atoms with E-state index in [9.17, 15) is 4.79 Å². The second-order valence-corrected chi connectivity index (χ2v) is 5.01. The van der Waals surface area contributed by atoms with Crippen molar-refractivity contribution in [3.8, 4) is 5.75 Å². The molecule has 0 spiro atoms. The van der Waals surface area contributed by atoms with E-state index in [1.165, 1.54) is 22.5 Å². The van der Waals surface area contributed by atoms with Gasteiger partial charge in [-0.15, -0.1) is 11.3 Å². The molecule has 0 aliphatic heterocycles. The molecule has 1 amide bonds. The molecule has 3 N–H and O–H groups in total. The topological polar surface area (TPSA) is 77.2 Å². The van der Waals surface area contributed by atoms with Crippen LogP contribution in [0.5, 0.6) is 5.75 Å². The molecular weight excluding hydrogens is 262 g/mol. The molecule has 5 nitrogen and oxygen atoms in total. The maximum absolute atomic E-state index is 11.3. The van der Waals surface area contributed by atoms with Gasteiger partial charge in [-0.25, -0.2) is 10.8 Å². The summed E-state index contributed by atoms with van der Waals surface area (Å²) in [5.74, 6) is 5.45. The van der Waals surface area contributed by atoms with Crippen LogP contribution in [-0.2, 0) is 6.61 Å². The summed E-state index contributed by atoms with van der Waals surface area (Å²) in [6.07, 6.45) is 0. The third-order valence-electron chi connectivity index (χ3n) is 2.74. The van der Waals surface area contributed by atoms with Crippen LogP contribution in [0.1, 0.15) is 26.6 Å². The first-order valence-corrected chi connectivity index (χ1v) is 6.63. The lowest BCUT2D eigenvalue weighted by atomic mass is 10.1. The minimum Gasteiger partial charge on any atom is -0.487 e. The van der Waals surface area contributed by atoms with E-state index in [-0.39, 0.29) is 5.91 Å². The van der Waals surface area contributed by atoms with Crippen LogP contribution < -0.4 is 16.0 Å². The van der Waals surface area contributed by atoms with Crippen LogP contribution in [0, 0.1) is 13.8 Å². The number of nitrogens with two attached hydrogens (primary N) is 1. The monoisotopic (exact) mass is 277 g/mol. The van der Waals surface area contributed by atoms with Gasteiger partial charge in [0.05, 0.1) is 5.69 Å². The fourth-order valence-electron chi connectivity index (χ4n) is 1.50. The number of carbonyl (C=O) groups excluding carboxylic acids is 1. The van der Waals surface area contributed by atoms with Gasteiger partial charge in [-0.05, 0) is 37.1 Å². The number of rotatable bonds is 4. The summed E-state index contributed by atoms with van der Waals surface area (Å²) in [6.45, 7) is 4.42. The standard InChI is InChI=1S/C13H15N3O2S/c1-8-3-4-11(5-9(8)2)18-6-10-7-19-13(15-10)12(17)16-14/h3-5,7H,6,14H2,1-2H3,(H,16,17). The molecule has 2 rings (SSSR count). The average Bonchev–Trinajstić information content (AvgIpc) is 2.88. The third kappa shape index (κ3) is 3.30. The number of hydrazine groups is 1. The van der Waals surface area contributed by atoms with Gasteiger partial charge in [0.25, 0.3) is 5.91 Å². The van der Waals surface area contributed by atoms with Crippen molar-refractivity contribution in [3.63, 3.8) is 0 Å². The quantitative estimate of drug-likeness (QED) is 0.508. The van der Waals surface area contributed by atoms with Crippen LogP contribution in [0.2, 0.25) is 0 Å². The molecule has 19 heavy (non-hydrogen) atoms. The van der Waals surface area contributed by atoms with Crippen molar-refractivity contribution in [2.45, 2.75) is 20.5 Å². The number of hydrogen-bond donors (Lipinski definition) is 2. The highest BCUT2D eigenvalue weighted by Crippen LogP contribution is 2.18. The number of nitrogens with zero attached hydrogens (tertiary/aromatic N) is 1. The van der Waals surface area contributed by atoms with Crippen LogP contribution in [-0.4, -0.2) is 10.9 Å². The molecule has 0 radical (unpaired) electrons. The van der Waals surface area contributed by atoms with Crippen molar-refractivity contribution < 1.29 is 9.53 Å². The highest BCUT2D eigenvalue weighted by Gasteiger charge is 2.09. The summed E-state index contributed by atoms with van der Waals surface area (Å²) in [6, 6.07) is 5.91. The summed E-state index contributed by atoms with van der Waals surface area (Å²) < 4.78 is 5.64. The van der Waals surface area contributed by atoms with E-state index in [0.717, 1.165) is 5.75 Å². The number of thiazole rings is 1. The van der Waals surface area contributed by atoms with Crippen molar-refractivity contribution in [2.24, 2.45) is 5.84 Å². The van der Waals surface area contributed by atoms with E-state index in [4.69, 9.17) is 10.6 Å². The Kier molecular flexibility index (Phi) is 4.13. The summed E-state index contributed by atoms with van der Waals surface area (Å²) in [4.78, 5) is 15.4. The van der Waals surface area contributed by atoms with Gasteiger partial charge in [0.2, 0.25) is 0 Å². The summed E-state index contributed by atoms with van der Waals surface area (Å²) in [5.41, 5.74) is 5.16. The van der Waals surface area contributed by atoms with Crippen molar-refractivity contribution in [3.05, 3.63) is 45.4 Å². The lowest BCUT2D eigenvalue weighted by Gasteiger charge is -2.06. The van der Waals surface area contributed by atoms with E-state index in [0.29, 0.717) is 17.3 Å². The van der Waals surface area contributed by atoms with E-state index < -0.39 is 0 Å². The zero-order valence-electron chi connectivity index (χ0n) is 10.8. The van der Waals surface area contributed by atoms with Gasteiger partial charge >= 0.3 is 0 Å². The van der Waals surface area contributed by atoms with E-state index in [1.807, 2.05) is 25.1 Å². The predicted octanol–water partition coefficient (Wildman–Crippen LogP) is 1.94. The van der Waals surface area contributed by atoms with Gasteiger partial charge in [0.1, 0.15) is 12.4 Å². The molecule has 0 aliphatic carbocycles. The Balaban J connectivity index is 2.00. The Morgan fingerprint density at radius 2 is 2.21 bits per heavy atom. The minimum atomic E-state index is -0.387. The van der Waals surface area contributed by atoms with E-state index >= 15 is 0 Å². The van der Waals surface area contributed by atoms with Crippen molar-refractivity contribution in [1.82, 2.24) is 10.4 Å². The molecule has 0 fully saturated rings. The second-order valence-electron chi connectivity index (χ2n) is 4.15. The van der Waals surface area contributed by atoms with Crippen molar-refractivity contribution >= 4 is 17.2 Å². The average molecular weight is 277 g/mol.